The number of nitrogens with one attached hydrogen (secondary N) is 1. The van der Waals surface area contributed by atoms with E-state index in [0.29, 0.717) is 0 Å². The second-order valence-electron chi connectivity index (χ2n) is 5.47. The van der Waals surface area contributed by atoms with E-state index in [1.54, 1.807) is 7.11 Å². The highest BCUT2D eigenvalue weighted by molar-refractivity contribution is 5.60. The maximum absolute atomic E-state index is 5.59. The van der Waals surface area contributed by atoms with Crippen LogP contribution in [0.5, 0.6) is 5.75 Å². The maximum atomic E-state index is 5.59. The fraction of sp³-hybridized carbons (Fsp3) is 0.625. The number of piperazine rings is 1. The van der Waals surface area contributed by atoms with Crippen LogP contribution in [0.2, 0.25) is 0 Å². The van der Waals surface area contributed by atoms with Crippen LogP contribution in [-0.4, -0.2) is 51.8 Å². The number of ether oxygens (including phenoxy) is 1. The van der Waals surface area contributed by atoms with Gasteiger partial charge in [-0.05, 0) is 37.7 Å². The van der Waals surface area contributed by atoms with Crippen LogP contribution in [0.15, 0.2) is 18.2 Å². The van der Waals surface area contributed by atoms with Crippen molar-refractivity contribution in [3.8, 4) is 5.75 Å². The third-order valence-corrected chi connectivity index (χ3v) is 3.84. The average Bonchev–Trinajstić information content (AvgIpc) is 2.48. The predicted molar refractivity (Wildman–Crippen MR) is 84.7 cm³/mol. The molecule has 1 aromatic carbocycles. The predicted octanol–water partition coefficient (Wildman–Crippen LogP) is 1.95. The van der Waals surface area contributed by atoms with Crippen LogP contribution < -0.4 is 15.0 Å². The third kappa shape index (κ3) is 3.87. The van der Waals surface area contributed by atoms with Crippen LogP contribution >= 0.6 is 0 Å². The second-order valence-corrected chi connectivity index (χ2v) is 5.47. The molecule has 4 heteroatoms. The van der Waals surface area contributed by atoms with Gasteiger partial charge in [0.05, 0.1) is 12.8 Å². The number of rotatable bonds is 6. The van der Waals surface area contributed by atoms with Gasteiger partial charge in [-0.15, -0.1) is 0 Å². The number of hydrogen-bond acceptors (Lipinski definition) is 4. The molecule has 0 bridgehead atoms. The molecule has 112 valence electrons. The van der Waals surface area contributed by atoms with E-state index in [4.69, 9.17) is 4.74 Å². The summed E-state index contributed by atoms with van der Waals surface area (Å²) in [7, 11) is 3.94. The lowest BCUT2D eigenvalue weighted by atomic mass is 10.1. The normalized spacial score (nSPS) is 16.4. The minimum atomic E-state index is 0.910. The van der Waals surface area contributed by atoms with Crippen molar-refractivity contribution in [2.75, 3.05) is 51.8 Å². The Morgan fingerprint density at radius 1 is 1.20 bits per heavy atom. The summed E-state index contributed by atoms with van der Waals surface area (Å²) in [4.78, 5) is 4.79. The van der Waals surface area contributed by atoms with Crippen molar-refractivity contribution >= 4 is 5.69 Å². The quantitative estimate of drug-likeness (QED) is 0.804. The highest BCUT2D eigenvalue weighted by Gasteiger charge is 2.17. The van der Waals surface area contributed by atoms with Gasteiger partial charge < -0.3 is 19.9 Å². The summed E-state index contributed by atoms with van der Waals surface area (Å²) >= 11 is 0. The average molecular weight is 277 g/mol. The summed E-state index contributed by atoms with van der Waals surface area (Å²) in [5, 5.41) is 3.43. The van der Waals surface area contributed by atoms with Crippen LogP contribution in [0, 0.1) is 0 Å². The smallest absolute Gasteiger partial charge is 0.142 e. The molecule has 1 aliphatic heterocycles. The van der Waals surface area contributed by atoms with Crippen LogP contribution in [-0.2, 0) is 6.54 Å². The Hall–Kier alpha value is -1.26. The van der Waals surface area contributed by atoms with Crippen molar-refractivity contribution in [1.29, 1.82) is 0 Å². The summed E-state index contributed by atoms with van der Waals surface area (Å²) in [6.07, 6.45) is 1.16. The lowest BCUT2D eigenvalue weighted by molar-refractivity contribution is 0.311. The first-order valence-electron chi connectivity index (χ1n) is 7.55. The highest BCUT2D eigenvalue weighted by Crippen LogP contribution is 2.30. The van der Waals surface area contributed by atoms with Gasteiger partial charge in [-0.3, -0.25) is 0 Å². The number of anilines is 1. The van der Waals surface area contributed by atoms with Gasteiger partial charge in [0, 0.05) is 32.7 Å². The maximum Gasteiger partial charge on any atom is 0.142 e. The van der Waals surface area contributed by atoms with E-state index in [0.717, 1.165) is 51.4 Å². The van der Waals surface area contributed by atoms with Crippen molar-refractivity contribution in [3.63, 3.8) is 0 Å². The molecule has 1 aromatic rings. The molecule has 0 radical (unpaired) electrons. The van der Waals surface area contributed by atoms with E-state index in [1.807, 2.05) is 0 Å². The summed E-state index contributed by atoms with van der Waals surface area (Å²) in [5.41, 5.74) is 2.51. The van der Waals surface area contributed by atoms with Crippen LogP contribution in [0.25, 0.3) is 0 Å². The summed E-state index contributed by atoms with van der Waals surface area (Å²) in [6.45, 7) is 8.52. The van der Waals surface area contributed by atoms with E-state index in [9.17, 15) is 0 Å². The van der Waals surface area contributed by atoms with Crippen LogP contribution in [0.4, 0.5) is 5.69 Å². The van der Waals surface area contributed by atoms with Gasteiger partial charge in [0.2, 0.25) is 0 Å². The zero-order chi connectivity index (χ0) is 14.4. The largest absolute Gasteiger partial charge is 0.495 e. The summed E-state index contributed by atoms with van der Waals surface area (Å²) < 4.78 is 5.59. The molecule has 1 heterocycles. The number of methoxy groups -OCH3 is 1. The van der Waals surface area contributed by atoms with Crippen molar-refractivity contribution in [1.82, 2.24) is 10.2 Å². The molecule has 2 rings (SSSR count). The molecule has 4 nitrogen and oxygen atoms in total. The third-order valence-electron chi connectivity index (χ3n) is 3.84. The first kappa shape index (κ1) is 15.1. The molecule has 1 saturated heterocycles. The fourth-order valence-electron chi connectivity index (χ4n) is 2.55. The Bertz CT molecular complexity index is 414. The Balaban J connectivity index is 2.05. The molecular weight excluding hydrogens is 250 g/mol. The molecule has 1 aliphatic rings. The van der Waals surface area contributed by atoms with Gasteiger partial charge >= 0.3 is 0 Å². The van der Waals surface area contributed by atoms with E-state index in [-0.39, 0.29) is 0 Å². The fourth-order valence-corrected chi connectivity index (χ4v) is 2.55. The first-order chi connectivity index (χ1) is 9.74. The molecule has 20 heavy (non-hydrogen) atoms. The van der Waals surface area contributed by atoms with E-state index in [2.05, 4.69) is 47.3 Å². The molecule has 0 amide bonds. The Morgan fingerprint density at radius 3 is 2.60 bits per heavy atom. The van der Waals surface area contributed by atoms with Gasteiger partial charge in [-0.2, -0.15) is 0 Å². The Kier molecular flexibility index (Phi) is 5.68. The van der Waals surface area contributed by atoms with Crippen molar-refractivity contribution in [2.24, 2.45) is 0 Å². The minimum Gasteiger partial charge on any atom is -0.495 e. The van der Waals surface area contributed by atoms with E-state index >= 15 is 0 Å². The molecule has 1 N–H and O–H groups in total. The van der Waals surface area contributed by atoms with Gasteiger partial charge in [0.1, 0.15) is 5.75 Å². The lowest BCUT2D eigenvalue weighted by Gasteiger charge is -2.34. The molecule has 1 fully saturated rings. The molecule has 0 aromatic heterocycles. The minimum absolute atomic E-state index is 0.910. The zero-order valence-corrected chi connectivity index (χ0v) is 13.0. The standard InChI is InChI=1S/C16H27N3O/c1-4-7-17-13-14-5-6-15(16(12-14)20-3)19-10-8-18(2)9-11-19/h5-6,12,17H,4,7-11,13H2,1-3H3. The molecule has 0 unspecified atom stereocenters. The molecule has 0 spiro atoms. The molecule has 0 atom stereocenters. The van der Waals surface area contributed by atoms with Crippen molar-refractivity contribution < 1.29 is 4.74 Å². The Morgan fingerprint density at radius 2 is 1.95 bits per heavy atom. The highest BCUT2D eigenvalue weighted by atomic mass is 16.5. The number of likely N-dealkylation sites (N-methyl/N-ethyl adjacent to an activating group) is 1. The summed E-state index contributed by atoms with van der Waals surface area (Å²) in [5.74, 6) is 0.991. The van der Waals surface area contributed by atoms with E-state index < -0.39 is 0 Å². The number of nitrogens with zero attached hydrogens (tertiary/aromatic N) is 2. The van der Waals surface area contributed by atoms with Gasteiger partial charge in [-0.1, -0.05) is 13.0 Å². The van der Waals surface area contributed by atoms with Gasteiger partial charge in [-0.25, -0.2) is 0 Å². The topological polar surface area (TPSA) is 27.7 Å². The first-order valence-corrected chi connectivity index (χ1v) is 7.55. The summed E-state index contributed by atoms with van der Waals surface area (Å²) in [6, 6.07) is 6.57. The van der Waals surface area contributed by atoms with Crippen LogP contribution in [0.1, 0.15) is 18.9 Å². The lowest BCUT2D eigenvalue weighted by Crippen LogP contribution is -2.44. The Labute approximate surface area is 122 Å². The zero-order valence-electron chi connectivity index (χ0n) is 13.0. The SMILES string of the molecule is CCCNCc1ccc(N2CCN(C)CC2)c(OC)c1. The van der Waals surface area contributed by atoms with Crippen LogP contribution in [0.3, 0.4) is 0 Å². The molecule has 0 aliphatic carbocycles. The van der Waals surface area contributed by atoms with Crippen molar-refractivity contribution in [3.05, 3.63) is 23.8 Å². The molecular formula is C16H27N3O. The van der Waals surface area contributed by atoms with E-state index in [1.165, 1.54) is 11.3 Å². The number of hydrogen-bond donors (Lipinski definition) is 1. The molecule has 0 saturated carbocycles. The number of benzene rings is 1. The monoisotopic (exact) mass is 277 g/mol. The van der Waals surface area contributed by atoms with Gasteiger partial charge in [0.25, 0.3) is 0 Å². The second kappa shape index (κ2) is 7.50. The van der Waals surface area contributed by atoms with Crippen molar-refractivity contribution in [2.45, 2.75) is 19.9 Å². The van der Waals surface area contributed by atoms with Gasteiger partial charge in [0.15, 0.2) is 0 Å².